The lowest BCUT2D eigenvalue weighted by atomic mass is 10.0. The average Bonchev–Trinajstić information content (AvgIpc) is 3.30. The van der Waals surface area contributed by atoms with E-state index in [1.165, 1.54) is 12.1 Å². The van der Waals surface area contributed by atoms with E-state index in [9.17, 15) is 0 Å². The van der Waals surface area contributed by atoms with Gasteiger partial charge in [-0.2, -0.15) is 0 Å². The lowest BCUT2D eigenvalue weighted by Crippen LogP contribution is -2.59. The fourth-order valence-corrected chi connectivity index (χ4v) is 8.74. The molecule has 10 nitrogen and oxygen atoms in total. The molecule has 2 aliphatic rings. The lowest BCUT2D eigenvalue weighted by Gasteiger charge is -2.47. The maximum Gasteiger partial charge on any atom is 0.246 e. The van der Waals surface area contributed by atoms with E-state index in [1.54, 1.807) is 31.4 Å². The van der Waals surface area contributed by atoms with E-state index in [0.717, 1.165) is 86.2 Å². The zero-order valence-electron chi connectivity index (χ0n) is 36.3. The predicted octanol–water partition coefficient (Wildman–Crippen LogP) is 10.7. The molecule has 334 valence electrons. The number of methoxy groups -OCH3 is 1. The van der Waals surface area contributed by atoms with Crippen molar-refractivity contribution in [2.75, 3.05) is 49.9 Å². The first-order valence-electron chi connectivity index (χ1n) is 21.7. The highest BCUT2D eigenvalue weighted by molar-refractivity contribution is 5.95. The minimum absolute atomic E-state index is 0. The number of hydrogen-bond donors (Lipinski definition) is 1. The van der Waals surface area contributed by atoms with Crippen LogP contribution in [0.2, 0.25) is 0 Å². The number of piperidine rings is 2. The smallest absolute Gasteiger partial charge is 0.246 e. The Hall–Kier alpha value is -5.66. The normalized spacial score (nSPS) is 14.8. The summed E-state index contributed by atoms with van der Waals surface area (Å²) < 4.78 is 43.3. The Morgan fingerprint density at radius 3 is 1.66 bits per heavy atom. The molecule has 4 heterocycles. The van der Waals surface area contributed by atoms with E-state index < -0.39 is 0 Å². The Labute approximate surface area is 385 Å². The Morgan fingerprint density at radius 2 is 1.14 bits per heavy atom. The fourth-order valence-electron chi connectivity index (χ4n) is 8.74. The van der Waals surface area contributed by atoms with Crippen LogP contribution < -0.4 is 24.8 Å². The second-order valence-electron chi connectivity index (χ2n) is 16.6. The summed E-state index contributed by atoms with van der Waals surface area (Å²) in [5, 5.41) is 9.43. The van der Waals surface area contributed by atoms with Crippen molar-refractivity contribution in [3.8, 4) is 34.0 Å². The van der Waals surface area contributed by atoms with Crippen LogP contribution in [0.3, 0.4) is 0 Å². The number of ether oxygens (including phenoxy) is 2. The van der Waals surface area contributed by atoms with Crippen molar-refractivity contribution in [3.05, 3.63) is 132 Å². The van der Waals surface area contributed by atoms with Gasteiger partial charge in [-0.15, -0.1) is 24.8 Å². The minimum atomic E-state index is -0.360. The van der Waals surface area contributed by atoms with Gasteiger partial charge in [0, 0.05) is 41.5 Å². The number of para-hydroxylation sites is 2. The number of benzene rings is 5. The van der Waals surface area contributed by atoms with E-state index in [2.05, 4.69) is 46.2 Å². The van der Waals surface area contributed by atoms with Gasteiger partial charge in [-0.05, 0) is 98.8 Å². The number of likely N-dealkylation sites (tertiary alicyclic amines) is 1. The van der Waals surface area contributed by atoms with Crippen LogP contribution in [-0.4, -0.2) is 76.8 Å². The van der Waals surface area contributed by atoms with Gasteiger partial charge in [0.05, 0.1) is 48.2 Å². The van der Waals surface area contributed by atoms with Gasteiger partial charge < -0.3 is 14.8 Å². The van der Waals surface area contributed by atoms with Crippen LogP contribution in [0.4, 0.5) is 20.7 Å². The standard InChI is InChI=1S/C50H52F2N8O2.2ClH/c1-33(2)32-62-46-30-34(20-21-45(46)61-3)31-58-28-24-36(25-29-58)60(50-55-44-19-11-7-15-40(44)48(57-50)38-13-5-9-17-42(38)52)59(35-22-26-53-27-23-35)49-54-43-18-10-6-14-39(43)47(56-49)37-12-4-8-16-41(37)51;;/h4-21,30,33,35-36,53H,22-29,31-32H2,1-3H3;2*1H. The number of aromatic nitrogens is 4. The molecule has 2 aliphatic heterocycles. The summed E-state index contributed by atoms with van der Waals surface area (Å²) in [5.41, 5.74) is 4.37. The molecule has 0 atom stereocenters. The van der Waals surface area contributed by atoms with Gasteiger partial charge in [0.1, 0.15) is 11.6 Å². The summed E-state index contributed by atoms with van der Waals surface area (Å²) >= 11 is 0. The summed E-state index contributed by atoms with van der Waals surface area (Å²) in [4.78, 5) is 23.6. The number of hydrogen-bond acceptors (Lipinski definition) is 10. The summed E-state index contributed by atoms with van der Waals surface area (Å²) in [6.45, 7) is 8.80. The number of nitrogens with one attached hydrogen (secondary N) is 1. The van der Waals surface area contributed by atoms with Crippen molar-refractivity contribution in [2.24, 2.45) is 5.92 Å². The monoisotopic (exact) mass is 906 g/mol. The lowest BCUT2D eigenvalue weighted by molar-refractivity contribution is 0.196. The molecule has 14 heteroatoms. The average molecular weight is 908 g/mol. The third-order valence-corrected chi connectivity index (χ3v) is 11.8. The van der Waals surface area contributed by atoms with E-state index in [0.29, 0.717) is 58.0 Å². The summed E-state index contributed by atoms with van der Waals surface area (Å²) in [6, 6.07) is 35.1. The highest BCUT2D eigenvalue weighted by Gasteiger charge is 2.38. The molecule has 7 aromatic rings. The van der Waals surface area contributed by atoms with Crippen molar-refractivity contribution in [3.63, 3.8) is 0 Å². The third kappa shape index (κ3) is 9.85. The molecular formula is C50H54Cl2F2N8O2. The number of halogens is 4. The van der Waals surface area contributed by atoms with Gasteiger partial charge >= 0.3 is 0 Å². The molecule has 0 radical (unpaired) electrons. The molecular weight excluding hydrogens is 854 g/mol. The third-order valence-electron chi connectivity index (χ3n) is 11.8. The number of rotatable bonds is 13. The highest BCUT2D eigenvalue weighted by atomic mass is 35.5. The molecule has 2 fully saturated rings. The Kier molecular flexibility index (Phi) is 15.1. The molecule has 9 rings (SSSR count). The maximum atomic E-state index is 15.8. The maximum absolute atomic E-state index is 15.8. The zero-order valence-corrected chi connectivity index (χ0v) is 37.9. The second kappa shape index (κ2) is 20.9. The van der Waals surface area contributed by atoms with Crippen molar-refractivity contribution in [2.45, 2.75) is 58.2 Å². The zero-order chi connectivity index (χ0) is 42.6. The SMILES string of the molecule is COc1ccc(CN2CCC(N(c3nc(-c4ccccc4F)c4ccccc4n3)N(c3nc(-c4ccccc4F)c4ccccc4n3)C3CCNCC3)CC2)cc1OCC(C)C.Cl.Cl. The Balaban J connectivity index is 0.00000306. The number of nitrogens with zero attached hydrogens (tertiary/aromatic N) is 7. The molecule has 2 aromatic heterocycles. The van der Waals surface area contributed by atoms with Gasteiger partial charge in [-0.1, -0.05) is 80.6 Å². The molecule has 1 N–H and O–H groups in total. The molecule has 0 amide bonds. The van der Waals surface area contributed by atoms with Gasteiger partial charge in [0.15, 0.2) is 11.5 Å². The molecule has 0 spiro atoms. The van der Waals surface area contributed by atoms with E-state index in [1.807, 2.05) is 66.7 Å². The largest absolute Gasteiger partial charge is 0.493 e. The van der Waals surface area contributed by atoms with Crippen LogP contribution in [0.15, 0.2) is 115 Å². The first-order valence-corrected chi connectivity index (χ1v) is 21.7. The number of fused-ring (bicyclic) bond motifs is 2. The van der Waals surface area contributed by atoms with Gasteiger partial charge in [-0.25, -0.2) is 38.7 Å². The van der Waals surface area contributed by atoms with Crippen LogP contribution in [0.5, 0.6) is 11.5 Å². The molecule has 0 aliphatic carbocycles. The first-order chi connectivity index (χ1) is 30.3. The Morgan fingerprint density at radius 1 is 0.641 bits per heavy atom. The van der Waals surface area contributed by atoms with Gasteiger partial charge in [0.25, 0.3) is 0 Å². The minimum Gasteiger partial charge on any atom is -0.493 e. The molecule has 0 bridgehead atoms. The van der Waals surface area contributed by atoms with Crippen molar-refractivity contribution in [1.29, 1.82) is 0 Å². The topological polar surface area (TPSA) is 91.8 Å². The molecule has 0 saturated carbocycles. The van der Waals surface area contributed by atoms with Crippen molar-refractivity contribution >= 4 is 58.5 Å². The molecule has 0 unspecified atom stereocenters. The van der Waals surface area contributed by atoms with E-state index in [4.69, 9.17) is 29.4 Å². The van der Waals surface area contributed by atoms with Crippen LogP contribution >= 0.6 is 24.8 Å². The van der Waals surface area contributed by atoms with Gasteiger partial charge in [0.2, 0.25) is 11.9 Å². The van der Waals surface area contributed by atoms with Crippen LogP contribution in [0.25, 0.3) is 44.3 Å². The number of hydrazine groups is 1. The van der Waals surface area contributed by atoms with Crippen LogP contribution in [0.1, 0.15) is 45.1 Å². The summed E-state index contributed by atoms with van der Waals surface area (Å²) in [6.07, 6.45) is 3.14. The van der Waals surface area contributed by atoms with Crippen LogP contribution in [-0.2, 0) is 6.54 Å². The fraction of sp³-hybridized carbons (Fsp3) is 0.320. The van der Waals surface area contributed by atoms with E-state index >= 15 is 8.78 Å². The summed E-state index contributed by atoms with van der Waals surface area (Å²) in [7, 11) is 1.67. The van der Waals surface area contributed by atoms with E-state index in [-0.39, 0.29) is 48.5 Å². The highest BCUT2D eigenvalue weighted by Crippen LogP contribution is 2.38. The molecule has 64 heavy (non-hydrogen) atoms. The van der Waals surface area contributed by atoms with Crippen molar-refractivity contribution < 1.29 is 18.3 Å². The first kappa shape index (κ1) is 46.3. The predicted molar refractivity (Wildman–Crippen MR) is 257 cm³/mol. The second-order valence-corrected chi connectivity index (χ2v) is 16.6. The molecule has 2 saturated heterocycles. The quantitative estimate of drug-likeness (QED) is 0.113. The van der Waals surface area contributed by atoms with Gasteiger partial charge in [-0.3, -0.25) is 4.90 Å². The number of anilines is 2. The molecule has 5 aromatic carbocycles. The Bertz CT molecular complexity index is 2680. The van der Waals surface area contributed by atoms with Crippen molar-refractivity contribution in [1.82, 2.24) is 30.2 Å². The van der Waals surface area contributed by atoms with Crippen LogP contribution in [0, 0.1) is 17.6 Å². The summed E-state index contributed by atoms with van der Waals surface area (Å²) in [5.74, 6) is 2.01.